The molecule has 0 unspecified atom stereocenters. The smallest absolute Gasteiger partial charge is 0.244 e. The van der Waals surface area contributed by atoms with Crippen molar-refractivity contribution in [3.05, 3.63) is 15.8 Å². The molecular weight excluding hydrogens is 268 g/mol. The molecule has 102 valence electrons. The highest BCUT2D eigenvalue weighted by Crippen LogP contribution is 2.30. The maximum Gasteiger partial charge on any atom is 0.244 e. The number of hydrogen-bond acceptors (Lipinski definition) is 4. The summed E-state index contributed by atoms with van der Waals surface area (Å²) in [6.07, 6.45) is 0.947. The lowest BCUT2D eigenvalue weighted by molar-refractivity contribution is 0.451. The van der Waals surface area contributed by atoms with Gasteiger partial charge in [-0.05, 0) is 45.8 Å². The minimum absolute atomic E-state index is 0.435. The molecule has 18 heavy (non-hydrogen) atoms. The Hall–Kier alpha value is -0.430. The normalized spacial score (nSPS) is 21.6. The Morgan fingerprint density at radius 3 is 2.78 bits per heavy atom. The van der Waals surface area contributed by atoms with Crippen molar-refractivity contribution in [3.63, 3.8) is 0 Å². The Kier molecular flexibility index (Phi) is 4.11. The third-order valence-corrected chi connectivity index (χ3v) is 6.44. The van der Waals surface area contributed by atoms with Crippen LogP contribution in [0.3, 0.4) is 0 Å². The van der Waals surface area contributed by atoms with Crippen molar-refractivity contribution in [1.29, 1.82) is 0 Å². The van der Waals surface area contributed by atoms with Crippen molar-refractivity contribution < 1.29 is 8.42 Å². The summed E-state index contributed by atoms with van der Waals surface area (Å²) in [6.45, 7) is 5.99. The first-order valence-corrected chi connectivity index (χ1v) is 8.42. The molecule has 1 saturated heterocycles. The predicted molar refractivity (Wildman–Crippen MR) is 74.6 cm³/mol. The molecule has 1 aliphatic rings. The van der Waals surface area contributed by atoms with E-state index in [0.717, 1.165) is 22.7 Å². The van der Waals surface area contributed by atoms with Crippen molar-refractivity contribution in [3.8, 4) is 0 Å². The number of hydrogen-bond donors (Lipinski definition) is 1. The molecule has 1 N–H and O–H groups in total. The Morgan fingerprint density at radius 1 is 1.50 bits per heavy atom. The Balaban J connectivity index is 2.20. The second-order valence-electron chi connectivity index (χ2n) is 4.85. The van der Waals surface area contributed by atoms with Gasteiger partial charge in [0.1, 0.15) is 0 Å². The van der Waals surface area contributed by atoms with E-state index in [1.807, 2.05) is 20.9 Å². The van der Waals surface area contributed by atoms with Crippen molar-refractivity contribution >= 4 is 21.4 Å². The van der Waals surface area contributed by atoms with Gasteiger partial charge < -0.3 is 5.32 Å². The third kappa shape index (κ3) is 2.61. The topological polar surface area (TPSA) is 49.4 Å². The van der Waals surface area contributed by atoms with Gasteiger partial charge in [0.25, 0.3) is 0 Å². The summed E-state index contributed by atoms with van der Waals surface area (Å²) in [7, 11) is -1.38. The lowest BCUT2D eigenvalue weighted by atomic mass is 10.1. The van der Waals surface area contributed by atoms with Gasteiger partial charge in [0.05, 0.1) is 4.90 Å². The Labute approximate surface area is 113 Å². The molecule has 0 aliphatic carbocycles. The predicted octanol–water partition coefficient (Wildman–Crippen LogP) is 1.59. The van der Waals surface area contributed by atoms with Crippen molar-refractivity contribution in [2.24, 2.45) is 5.92 Å². The molecule has 1 fully saturated rings. The van der Waals surface area contributed by atoms with Crippen LogP contribution in [-0.2, 0) is 10.0 Å². The number of aryl methyl sites for hydroxylation is 2. The van der Waals surface area contributed by atoms with Crippen LogP contribution in [0.25, 0.3) is 0 Å². The van der Waals surface area contributed by atoms with Crippen molar-refractivity contribution in [1.82, 2.24) is 9.62 Å². The molecule has 1 atom stereocenters. The number of sulfonamides is 1. The van der Waals surface area contributed by atoms with E-state index in [0.29, 0.717) is 23.9 Å². The van der Waals surface area contributed by atoms with Crippen LogP contribution in [-0.4, -0.2) is 39.4 Å². The molecule has 2 rings (SSSR count). The summed E-state index contributed by atoms with van der Waals surface area (Å²) in [5.41, 5.74) is 0. The monoisotopic (exact) mass is 288 g/mol. The minimum Gasteiger partial charge on any atom is -0.319 e. The highest BCUT2D eigenvalue weighted by atomic mass is 32.2. The molecule has 0 amide bonds. The van der Waals surface area contributed by atoms with Gasteiger partial charge >= 0.3 is 0 Å². The van der Waals surface area contributed by atoms with E-state index in [2.05, 4.69) is 5.32 Å². The maximum absolute atomic E-state index is 12.5. The summed E-state index contributed by atoms with van der Waals surface area (Å²) < 4.78 is 26.7. The Morgan fingerprint density at radius 2 is 2.22 bits per heavy atom. The fraction of sp³-hybridized carbons (Fsp3) is 0.667. The van der Waals surface area contributed by atoms with E-state index < -0.39 is 10.0 Å². The highest BCUT2D eigenvalue weighted by Gasteiger charge is 2.33. The van der Waals surface area contributed by atoms with Crippen LogP contribution >= 0.6 is 11.3 Å². The van der Waals surface area contributed by atoms with E-state index in [1.54, 1.807) is 21.7 Å². The summed E-state index contributed by atoms with van der Waals surface area (Å²) in [5.74, 6) is 0.435. The minimum atomic E-state index is -3.28. The van der Waals surface area contributed by atoms with Crippen LogP contribution in [0.5, 0.6) is 0 Å². The number of nitrogens with one attached hydrogen (secondary N) is 1. The lowest BCUT2D eigenvalue weighted by Crippen LogP contribution is -2.30. The summed E-state index contributed by atoms with van der Waals surface area (Å²) >= 11 is 1.55. The van der Waals surface area contributed by atoms with E-state index in [-0.39, 0.29) is 0 Å². The molecule has 1 aromatic heterocycles. The van der Waals surface area contributed by atoms with E-state index in [4.69, 9.17) is 0 Å². The van der Waals surface area contributed by atoms with Gasteiger partial charge in [-0.3, -0.25) is 0 Å². The Bertz CT molecular complexity index is 522. The van der Waals surface area contributed by atoms with E-state index in [9.17, 15) is 8.42 Å². The van der Waals surface area contributed by atoms with Crippen LogP contribution in [0, 0.1) is 19.8 Å². The number of thiophene rings is 1. The summed E-state index contributed by atoms with van der Waals surface area (Å²) in [6, 6.07) is 1.79. The SMILES string of the molecule is CNC[C@@H]1CCN(S(=O)(=O)c2cc(C)sc2C)C1. The first kappa shape index (κ1) is 14.0. The second kappa shape index (κ2) is 5.28. The molecule has 1 aliphatic heterocycles. The van der Waals surface area contributed by atoms with Crippen molar-refractivity contribution in [2.75, 3.05) is 26.7 Å². The van der Waals surface area contributed by atoms with Gasteiger partial charge in [0.15, 0.2) is 0 Å². The van der Waals surface area contributed by atoms with Gasteiger partial charge in [-0.15, -0.1) is 11.3 Å². The molecule has 2 heterocycles. The standard InChI is InChI=1S/C12H20N2O2S2/c1-9-6-12(10(2)17-9)18(15,16)14-5-4-11(8-14)7-13-3/h6,11,13H,4-5,7-8H2,1-3H3/t11-/m0/s1. The van der Waals surface area contributed by atoms with Crippen LogP contribution in [0.1, 0.15) is 16.2 Å². The summed E-state index contributed by atoms with van der Waals surface area (Å²) in [4.78, 5) is 2.44. The van der Waals surface area contributed by atoms with Gasteiger partial charge in [-0.25, -0.2) is 8.42 Å². The zero-order valence-electron chi connectivity index (χ0n) is 11.1. The number of nitrogens with zero attached hydrogens (tertiary/aromatic N) is 1. The van der Waals surface area contributed by atoms with Crippen LogP contribution in [0.2, 0.25) is 0 Å². The largest absolute Gasteiger partial charge is 0.319 e. The molecule has 0 saturated carbocycles. The molecule has 0 bridgehead atoms. The van der Waals surface area contributed by atoms with Gasteiger partial charge in [0, 0.05) is 22.8 Å². The molecule has 0 aromatic carbocycles. The number of rotatable bonds is 4. The zero-order valence-corrected chi connectivity index (χ0v) is 12.7. The van der Waals surface area contributed by atoms with E-state index in [1.165, 1.54) is 0 Å². The molecule has 0 spiro atoms. The molecule has 1 aromatic rings. The molecular formula is C12H20N2O2S2. The fourth-order valence-corrected chi connectivity index (χ4v) is 5.53. The maximum atomic E-state index is 12.5. The zero-order chi connectivity index (χ0) is 13.3. The third-order valence-electron chi connectivity index (χ3n) is 3.35. The first-order chi connectivity index (χ1) is 8.45. The van der Waals surface area contributed by atoms with Crippen LogP contribution in [0.4, 0.5) is 0 Å². The second-order valence-corrected chi connectivity index (χ2v) is 8.22. The first-order valence-electron chi connectivity index (χ1n) is 6.17. The molecule has 0 radical (unpaired) electrons. The van der Waals surface area contributed by atoms with Gasteiger partial charge in [0.2, 0.25) is 10.0 Å². The molecule has 4 nitrogen and oxygen atoms in total. The average molecular weight is 288 g/mol. The molecule has 6 heteroatoms. The van der Waals surface area contributed by atoms with E-state index >= 15 is 0 Å². The average Bonchev–Trinajstić information content (AvgIpc) is 2.86. The van der Waals surface area contributed by atoms with Gasteiger partial charge in [-0.2, -0.15) is 4.31 Å². The van der Waals surface area contributed by atoms with Gasteiger partial charge in [-0.1, -0.05) is 0 Å². The highest BCUT2D eigenvalue weighted by molar-refractivity contribution is 7.89. The van der Waals surface area contributed by atoms with Crippen LogP contribution in [0.15, 0.2) is 11.0 Å². The van der Waals surface area contributed by atoms with Crippen LogP contribution < -0.4 is 5.32 Å². The lowest BCUT2D eigenvalue weighted by Gasteiger charge is -2.16. The quantitative estimate of drug-likeness (QED) is 0.915. The van der Waals surface area contributed by atoms with Crippen molar-refractivity contribution in [2.45, 2.75) is 25.2 Å². The summed E-state index contributed by atoms with van der Waals surface area (Å²) in [5, 5.41) is 3.12. The fourth-order valence-electron chi connectivity index (χ4n) is 2.47.